The standard InChI is InChI=1S/C9H12ClNO4S/c1-6(9(12)13)5-7-3-4-8(10)11(7)16(2,14)15/h3-4,6H,5H2,1-2H3,(H,12,13). The minimum atomic E-state index is -3.50. The van der Waals surface area contributed by atoms with E-state index in [9.17, 15) is 13.2 Å². The molecule has 16 heavy (non-hydrogen) atoms. The van der Waals surface area contributed by atoms with Gasteiger partial charge in [0.1, 0.15) is 5.15 Å². The summed E-state index contributed by atoms with van der Waals surface area (Å²) in [5.41, 5.74) is 0.377. The molecule has 0 aliphatic rings. The van der Waals surface area contributed by atoms with E-state index in [-0.39, 0.29) is 11.6 Å². The SMILES string of the molecule is CC(Cc1ccc(Cl)n1S(C)(=O)=O)C(=O)O. The Kier molecular flexibility index (Phi) is 3.64. The Hall–Kier alpha value is -1.01. The van der Waals surface area contributed by atoms with E-state index >= 15 is 0 Å². The first-order valence-corrected chi connectivity index (χ1v) is 6.75. The summed E-state index contributed by atoms with van der Waals surface area (Å²) >= 11 is 5.73. The molecule has 1 rings (SSSR count). The molecule has 0 aliphatic heterocycles. The molecule has 1 unspecified atom stereocenters. The lowest BCUT2D eigenvalue weighted by Gasteiger charge is -2.10. The highest BCUT2D eigenvalue weighted by Crippen LogP contribution is 2.20. The fraction of sp³-hybridized carbons (Fsp3) is 0.444. The van der Waals surface area contributed by atoms with Gasteiger partial charge in [0.25, 0.3) is 0 Å². The normalized spacial score (nSPS) is 13.7. The van der Waals surface area contributed by atoms with Crippen molar-refractivity contribution in [1.82, 2.24) is 3.97 Å². The van der Waals surface area contributed by atoms with Gasteiger partial charge in [-0.3, -0.25) is 4.79 Å². The van der Waals surface area contributed by atoms with Crippen LogP contribution in [0.25, 0.3) is 0 Å². The van der Waals surface area contributed by atoms with Crippen LogP contribution in [-0.2, 0) is 21.2 Å². The second-order valence-electron chi connectivity index (χ2n) is 3.62. The van der Waals surface area contributed by atoms with Gasteiger partial charge in [0.05, 0.1) is 12.2 Å². The lowest BCUT2D eigenvalue weighted by molar-refractivity contribution is -0.141. The van der Waals surface area contributed by atoms with Gasteiger partial charge in [-0.05, 0) is 12.1 Å². The fourth-order valence-electron chi connectivity index (χ4n) is 1.36. The number of carboxylic acids is 1. The Morgan fingerprint density at radius 2 is 2.12 bits per heavy atom. The number of hydrogen-bond donors (Lipinski definition) is 1. The molecule has 90 valence electrons. The molecule has 0 bridgehead atoms. The van der Waals surface area contributed by atoms with Gasteiger partial charge in [-0.2, -0.15) is 0 Å². The number of aliphatic carboxylic acids is 1. The molecule has 0 aliphatic carbocycles. The van der Waals surface area contributed by atoms with Gasteiger partial charge in [-0.15, -0.1) is 0 Å². The Bertz CT molecular complexity index is 506. The molecular formula is C9H12ClNO4S. The van der Waals surface area contributed by atoms with Gasteiger partial charge in [0.15, 0.2) is 0 Å². The highest BCUT2D eigenvalue weighted by Gasteiger charge is 2.19. The minimum Gasteiger partial charge on any atom is -0.481 e. The lowest BCUT2D eigenvalue weighted by Crippen LogP contribution is -2.18. The number of rotatable bonds is 4. The van der Waals surface area contributed by atoms with Gasteiger partial charge in [0, 0.05) is 12.1 Å². The van der Waals surface area contributed by atoms with E-state index in [1.165, 1.54) is 19.1 Å². The van der Waals surface area contributed by atoms with Crippen LogP contribution in [0.15, 0.2) is 12.1 Å². The zero-order valence-electron chi connectivity index (χ0n) is 8.84. The summed E-state index contributed by atoms with van der Waals surface area (Å²) in [5.74, 6) is -1.64. The van der Waals surface area contributed by atoms with Gasteiger partial charge >= 0.3 is 5.97 Å². The van der Waals surface area contributed by atoms with Crippen molar-refractivity contribution in [2.24, 2.45) is 5.92 Å². The molecule has 0 saturated carbocycles. The molecule has 1 aromatic heterocycles. The highest BCUT2D eigenvalue weighted by atomic mass is 35.5. The molecule has 1 N–H and O–H groups in total. The van der Waals surface area contributed by atoms with Crippen LogP contribution >= 0.6 is 11.6 Å². The monoisotopic (exact) mass is 265 g/mol. The number of halogens is 1. The maximum Gasteiger partial charge on any atom is 0.306 e. The van der Waals surface area contributed by atoms with Crippen LogP contribution in [0.5, 0.6) is 0 Å². The van der Waals surface area contributed by atoms with E-state index in [1.807, 2.05) is 0 Å². The van der Waals surface area contributed by atoms with Gasteiger partial charge in [-0.25, -0.2) is 12.4 Å². The highest BCUT2D eigenvalue weighted by molar-refractivity contribution is 7.89. The molecule has 0 saturated heterocycles. The van der Waals surface area contributed by atoms with E-state index in [2.05, 4.69) is 0 Å². The summed E-state index contributed by atoms with van der Waals surface area (Å²) in [6, 6.07) is 2.95. The molecule has 1 heterocycles. The molecule has 5 nitrogen and oxygen atoms in total. The van der Waals surface area contributed by atoms with E-state index in [4.69, 9.17) is 16.7 Å². The summed E-state index contributed by atoms with van der Waals surface area (Å²) in [5, 5.41) is 8.82. The summed E-state index contributed by atoms with van der Waals surface area (Å²) < 4.78 is 23.8. The molecule has 0 spiro atoms. The Balaban J connectivity index is 3.12. The predicted molar refractivity (Wildman–Crippen MR) is 60.2 cm³/mol. The topological polar surface area (TPSA) is 76.4 Å². The summed E-state index contributed by atoms with van der Waals surface area (Å²) in [6.45, 7) is 1.51. The summed E-state index contributed by atoms with van der Waals surface area (Å²) in [7, 11) is -3.50. The maximum absolute atomic E-state index is 11.4. The minimum absolute atomic E-state index is 0.0649. The fourth-order valence-corrected chi connectivity index (χ4v) is 2.85. The summed E-state index contributed by atoms with van der Waals surface area (Å²) in [4.78, 5) is 10.7. The van der Waals surface area contributed by atoms with Crippen LogP contribution in [0.1, 0.15) is 12.6 Å². The first-order chi connectivity index (χ1) is 7.23. The third kappa shape index (κ3) is 2.76. The molecule has 1 atom stereocenters. The van der Waals surface area contributed by atoms with Crippen molar-refractivity contribution >= 4 is 27.6 Å². The van der Waals surface area contributed by atoms with E-state index in [0.29, 0.717) is 5.69 Å². The molecule has 0 aromatic carbocycles. The number of carboxylic acid groups (broad SMARTS) is 1. The molecule has 0 radical (unpaired) electrons. The smallest absolute Gasteiger partial charge is 0.306 e. The average molecular weight is 266 g/mol. The number of nitrogens with zero attached hydrogens (tertiary/aromatic N) is 1. The van der Waals surface area contributed by atoms with E-state index < -0.39 is 21.9 Å². The Morgan fingerprint density at radius 1 is 1.56 bits per heavy atom. The zero-order valence-corrected chi connectivity index (χ0v) is 10.4. The van der Waals surface area contributed by atoms with Crippen LogP contribution in [-0.4, -0.2) is 29.7 Å². The molecule has 0 amide bonds. The number of aromatic nitrogens is 1. The number of hydrogen-bond acceptors (Lipinski definition) is 3. The van der Waals surface area contributed by atoms with Crippen molar-refractivity contribution in [2.75, 3.05) is 6.26 Å². The van der Waals surface area contributed by atoms with Crippen molar-refractivity contribution in [3.63, 3.8) is 0 Å². The third-order valence-corrected chi connectivity index (χ3v) is 3.63. The number of carbonyl (C=O) groups is 1. The van der Waals surface area contributed by atoms with Gasteiger partial charge in [-0.1, -0.05) is 18.5 Å². The van der Waals surface area contributed by atoms with Gasteiger partial charge in [0.2, 0.25) is 10.0 Å². The van der Waals surface area contributed by atoms with Gasteiger partial charge < -0.3 is 5.11 Å². The third-order valence-electron chi connectivity index (χ3n) is 2.14. The molecule has 7 heteroatoms. The van der Waals surface area contributed by atoms with E-state index in [0.717, 1.165) is 10.2 Å². The quantitative estimate of drug-likeness (QED) is 0.888. The molecule has 0 fully saturated rings. The first kappa shape index (κ1) is 13.1. The molecule has 1 aromatic rings. The van der Waals surface area contributed by atoms with Crippen LogP contribution in [0.2, 0.25) is 5.15 Å². The predicted octanol–water partition coefficient (Wildman–Crippen LogP) is 1.21. The Morgan fingerprint density at radius 3 is 2.56 bits per heavy atom. The average Bonchev–Trinajstić information content (AvgIpc) is 2.45. The largest absolute Gasteiger partial charge is 0.481 e. The van der Waals surface area contributed by atoms with Crippen molar-refractivity contribution in [2.45, 2.75) is 13.3 Å². The second kappa shape index (κ2) is 4.47. The second-order valence-corrected chi connectivity index (χ2v) is 5.84. The van der Waals surface area contributed by atoms with Crippen molar-refractivity contribution in [3.8, 4) is 0 Å². The van der Waals surface area contributed by atoms with Crippen LogP contribution in [0.4, 0.5) is 0 Å². The zero-order chi connectivity index (χ0) is 12.5. The van der Waals surface area contributed by atoms with Crippen LogP contribution in [0.3, 0.4) is 0 Å². The van der Waals surface area contributed by atoms with Crippen LogP contribution < -0.4 is 0 Å². The molecular weight excluding hydrogens is 254 g/mol. The van der Waals surface area contributed by atoms with Crippen molar-refractivity contribution in [3.05, 3.63) is 23.0 Å². The van der Waals surface area contributed by atoms with Crippen molar-refractivity contribution in [1.29, 1.82) is 0 Å². The maximum atomic E-state index is 11.4. The first-order valence-electron chi connectivity index (χ1n) is 4.53. The van der Waals surface area contributed by atoms with E-state index in [1.54, 1.807) is 0 Å². The lowest BCUT2D eigenvalue weighted by atomic mass is 10.1. The van der Waals surface area contributed by atoms with Crippen molar-refractivity contribution < 1.29 is 18.3 Å². The Labute approximate surface area is 98.7 Å². The van der Waals surface area contributed by atoms with Crippen LogP contribution in [0, 0.1) is 5.92 Å². The summed E-state index contributed by atoms with van der Waals surface area (Å²) in [6.07, 6.45) is 1.14.